The highest BCUT2D eigenvalue weighted by molar-refractivity contribution is 5.91. The molecule has 1 aliphatic carbocycles. The molecule has 0 aliphatic heterocycles. The molecule has 1 saturated carbocycles. The van der Waals surface area contributed by atoms with Crippen LogP contribution in [0.1, 0.15) is 24.6 Å². The Balaban J connectivity index is 1.80. The Morgan fingerprint density at radius 3 is 2.95 bits per heavy atom. The Kier molecular flexibility index (Phi) is 2.08. The zero-order chi connectivity index (χ0) is 13.8. The molecule has 1 aliphatic rings. The van der Waals surface area contributed by atoms with E-state index in [1.54, 1.807) is 0 Å². The smallest absolute Gasteiger partial charge is 0.137 e. The third-order valence-corrected chi connectivity index (χ3v) is 4.19. The molecule has 5 rings (SSSR count). The summed E-state index contributed by atoms with van der Waals surface area (Å²) >= 11 is 0. The van der Waals surface area contributed by atoms with Gasteiger partial charge in [-0.15, -0.1) is 0 Å². The number of imidazole rings is 2. The Hall–Kier alpha value is -2.62. The zero-order valence-electron chi connectivity index (χ0n) is 11.5. The molecule has 0 atom stereocenters. The molecule has 4 aromatic rings. The maximum Gasteiger partial charge on any atom is 0.137 e. The molecule has 1 N–H and O–H groups in total. The van der Waals surface area contributed by atoms with Crippen molar-refractivity contribution in [3.8, 4) is 11.3 Å². The van der Waals surface area contributed by atoms with E-state index in [0.29, 0.717) is 5.92 Å². The summed E-state index contributed by atoms with van der Waals surface area (Å²) in [7, 11) is 0. The number of hydrogen-bond donors (Lipinski definition) is 1. The molecule has 1 aromatic carbocycles. The normalized spacial score (nSPS) is 15.0. The van der Waals surface area contributed by atoms with E-state index in [1.165, 1.54) is 12.8 Å². The van der Waals surface area contributed by atoms with E-state index in [0.717, 1.165) is 33.8 Å². The number of benzene rings is 1. The first kappa shape index (κ1) is 11.1. The van der Waals surface area contributed by atoms with Crippen LogP contribution in [0.25, 0.3) is 27.9 Å². The van der Waals surface area contributed by atoms with Crippen molar-refractivity contribution >= 4 is 16.7 Å². The van der Waals surface area contributed by atoms with Gasteiger partial charge in [0.2, 0.25) is 0 Å². The van der Waals surface area contributed by atoms with Crippen LogP contribution in [0.4, 0.5) is 0 Å². The number of fused-ring (bicyclic) bond motifs is 2. The van der Waals surface area contributed by atoms with Crippen LogP contribution in [0.15, 0.2) is 48.8 Å². The van der Waals surface area contributed by atoms with Crippen LogP contribution >= 0.6 is 0 Å². The van der Waals surface area contributed by atoms with Gasteiger partial charge in [0.15, 0.2) is 0 Å². The first-order valence-corrected chi connectivity index (χ1v) is 7.31. The van der Waals surface area contributed by atoms with Crippen LogP contribution in [-0.4, -0.2) is 19.4 Å². The van der Waals surface area contributed by atoms with Gasteiger partial charge >= 0.3 is 0 Å². The number of nitrogens with zero attached hydrogens (tertiary/aromatic N) is 3. The molecule has 21 heavy (non-hydrogen) atoms. The summed E-state index contributed by atoms with van der Waals surface area (Å²) in [5.41, 5.74) is 5.34. The third kappa shape index (κ3) is 1.62. The Bertz CT molecular complexity index is 959. The van der Waals surface area contributed by atoms with Gasteiger partial charge < -0.3 is 4.98 Å². The van der Waals surface area contributed by atoms with Crippen LogP contribution in [0.3, 0.4) is 0 Å². The fourth-order valence-electron chi connectivity index (χ4n) is 2.94. The van der Waals surface area contributed by atoms with Gasteiger partial charge in [-0.3, -0.25) is 4.40 Å². The highest BCUT2D eigenvalue weighted by atomic mass is 15.0. The molecular weight excluding hydrogens is 260 g/mol. The molecule has 0 amide bonds. The largest absolute Gasteiger partial charge is 0.342 e. The van der Waals surface area contributed by atoms with E-state index < -0.39 is 0 Å². The first-order chi connectivity index (χ1) is 10.4. The highest BCUT2D eigenvalue weighted by Crippen LogP contribution is 2.40. The van der Waals surface area contributed by atoms with Gasteiger partial charge in [0, 0.05) is 17.7 Å². The van der Waals surface area contributed by atoms with Crippen molar-refractivity contribution in [1.82, 2.24) is 19.4 Å². The molecular formula is C17H14N4. The fraction of sp³-hybridized carbons (Fsp3) is 0.176. The quantitative estimate of drug-likeness (QED) is 0.605. The maximum atomic E-state index is 4.84. The average molecular weight is 274 g/mol. The lowest BCUT2D eigenvalue weighted by molar-refractivity contribution is 0.986. The zero-order valence-corrected chi connectivity index (χ0v) is 11.5. The van der Waals surface area contributed by atoms with Crippen molar-refractivity contribution in [3.63, 3.8) is 0 Å². The molecule has 0 unspecified atom stereocenters. The summed E-state index contributed by atoms with van der Waals surface area (Å²) in [6, 6.07) is 12.3. The van der Waals surface area contributed by atoms with E-state index in [2.05, 4.69) is 32.6 Å². The summed E-state index contributed by atoms with van der Waals surface area (Å²) in [5, 5.41) is 0. The van der Waals surface area contributed by atoms with E-state index in [1.807, 2.05) is 30.6 Å². The van der Waals surface area contributed by atoms with E-state index >= 15 is 0 Å². The number of rotatable bonds is 2. The minimum atomic E-state index is 0.632. The summed E-state index contributed by atoms with van der Waals surface area (Å²) in [4.78, 5) is 12.8. The molecule has 3 aromatic heterocycles. The van der Waals surface area contributed by atoms with E-state index in [4.69, 9.17) is 4.98 Å². The van der Waals surface area contributed by atoms with Crippen LogP contribution in [0.5, 0.6) is 0 Å². The summed E-state index contributed by atoms with van der Waals surface area (Å²) < 4.78 is 2.11. The molecule has 4 nitrogen and oxygen atoms in total. The van der Waals surface area contributed by atoms with Crippen LogP contribution in [-0.2, 0) is 0 Å². The number of aromatic nitrogens is 4. The van der Waals surface area contributed by atoms with Gasteiger partial charge in [-0.2, -0.15) is 0 Å². The highest BCUT2D eigenvalue weighted by Gasteiger charge is 2.27. The monoisotopic (exact) mass is 274 g/mol. The Morgan fingerprint density at radius 1 is 1.10 bits per heavy atom. The molecule has 0 spiro atoms. The van der Waals surface area contributed by atoms with Gasteiger partial charge in [-0.25, -0.2) is 9.97 Å². The number of aromatic amines is 1. The summed E-state index contributed by atoms with van der Waals surface area (Å²) in [6.45, 7) is 0. The summed E-state index contributed by atoms with van der Waals surface area (Å²) in [5.74, 6) is 1.76. The van der Waals surface area contributed by atoms with Crippen molar-refractivity contribution in [3.05, 3.63) is 54.6 Å². The van der Waals surface area contributed by atoms with Gasteiger partial charge in [-0.05, 0) is 31.0 Å². The molecule has 0 saturated heterocycles. The van der Waals surface area contributed by atoms with Gasteiger partial charge in [0.25, 0.3) is 0 Å². The average Bonchev–Trinajstić information content (AvgIpc) is 3.13. The lowest BCUT2D eigenvalue weighted by atomic mass is 10.1. The van der Waals surface area contributed by atoms with Crippen molar-refractivity contribution in [2.24, 2.45) is 0 Å². The van der Waals surface area contributed by atoms with Gasteiger partial charge in [0.05, 0.1) is 22.9 Å². The van der Waals surface area contributed by atoms with Crippen LogP contribution in [0.2, 0.25) is 0 Å². The van der Waals surface area contributed by atoms with Crippen molar-refractivity contribution < 1.29 is 0 Å². The Labute approximate surface area is 121 Å². The topological polar surface area (TPSA) is 46.0 Å². The predicted octanol–water partition coefficient (Wildman–Crippen LogP) is 3.76. The number of H-pyrrole nitrogens is 1. The second-order valence-electron chi connectivity index (χ2n) is 5.67. The van der Waals surface area contributed by atoms with Crippen molar-refractivity contribution in [1.29, 1.82) is 0 Å². The predicted molar refractivity (Wildman–Crippen MR) is 82.3 cm³/mol. The second-order valence-corrected chi connectivity index (χ2v) is 5.67. The summed E-state index contributed by atoms with van der Waals surface area (Å²) in [6.07, 6.45) is 6.48. The molecule has 0 radical (unpaired) electrons. The lowest BCUT2D eigenvalue weighted by Crippen LogP contribution is -1.88. The van der Waals surface area contributed by atoms with E-state index in [-0.39, 0.29) is 0 Å². The number of hydrogen-bond acceptors (Lipinski definition) is 2. The SMILES string of the molecule is c1cc(-c2cnc3ccccn23)c2nc(C3CC3)[nH]c2c1. The molecule has 102 valence electrons. The van der Waals surface area contributed by atoms with Crippen LogP contribution in [0, 0.1) is 0 Å². The van der Waals surface area contributed by atoms with Crippen LogP contribution < -0.4 is 0 Å². The minimum absolute atomic E-state index is 0.632. The van der Waals surface area contributed by atoms with Crippen molar-refractivity contribution in [2.45, 2.75) is 18.8 Å². The molecule has 1 fully saturated rings. The minimum Gasteiger partial charge on any atom is -0.342 e. The number of pyridine rings is 1. The van der Waals surface area contributed by atoms with Crippen molar-refractivity contribution in [2.75, 3.05) is 0 Å². The lowest BCUT2D eigenvalue weighted by Gasteiger charge is -2.02. The Morgan fingerprint density at radius 2 is 2.05 bits per heavy atom. The second kappa shape index (κ2) is 3.95. The van der Waals surface area contributed by atoms with E-state index in [9.17, 15) is 0 Å². The number of nitrogens with one attached hydrogen (secondary N) is 1. The fourth-order valence-corrected chi connectivity index (χ4v) is 2.94. The first-order valence-electron chi connectivity index (χ1n) is 7.31. The molecule has 3 heterocycles. The standard InChI is InChI=1S/C17H14N4/c1-2-9-21-14(10-18-15(21)6-1)12-4-3-5-13-16(12)20-17(19-13)11-7-8-11/h1-6,9-11H,7-8H2,(H,19,20). The molecule has 0 bridgehead atoms. The third-order valence-electron chi connectivity index (χ3n) is 4.19. The maximum absolute atomic E-state index is 4.84. The van der Waals surface area contributed by atoms with Gasteiger partial charge in [0.1, 0.15) is 11.5 Å². The van der Waals surface area contributed by atoms with Gasteiger partial charge in [-0.1, -0.05) is 18.2 Å². The molecule has 4 heteroatoms. The number of para-hydroxylation sites is 1.